The molecule has 100 heavy (non-hydrogen) atoms. The fraction of sp³-hybridized carbons (Fsp3) is 0.951. The Bertz CT molecular complexity index is 1930. The van der Waals surface area contributed by atoms with Crippen molar-refractivity contribution in [3.8, 4) is 0 Å². The number of hydrogen-bond donors (Lipinski definition) is 3. The first-order chi connectivity index (χ1) is 48.4. The first kappa shape index (κ1) is 98.1. The number of ether oxygens (including phenoxy) is 4. The fourth-order valence-electron chi connectivity index (χ4n) is 12.5. The highest BCUT2D eigenvalue weighted by molar-refractivity contribution is 7.47. The lowest BCUT2D eigenvalue weighted by atomic mass is 9.99. The Kier molecular flexibility index (Phi) is 71.2. The summed E-state index contributed by atoms with van der Waals surface area (Å²) in [6.07, 6.45) is 62.6. The molecule has 0 radical (unpaired) electrons. The molecule has 17 nitrogen and oxygen atoms in total. The zero-order chi connectivity index (χ0) is 73.5. The summed E-state index contributed by atoms with van der Waals surface area (Å²) in [7, 11) is -9.91. The largest absolute Gasteiger partial charge is 0.472 e. The van der Waals surface area contributed by atoms with Gasteiger partial charge in [-0.15, -0.1) is 0 Å². The van der Waals surface area contributed by atoms with Gasteiger partial charge in [0.15, 0.2) is 12.2 Å². The van der Waals surface area contributed by atoms with Crippen LogP contribution < -0.4 is 0 Å². The van der Waals surface area contributed by atoms with Crippen molar-refractivity contribution in [2.45, 2.75) is 445 Å². The van der Waals surface area contributed by atoms with E-state index in [1.54, 1.807) is 0 Å². The molecule has 0 aliphatic heterocycles. The molecule has 0 aromatic heterocycles. The number of aliphatic hydroxyl groups excluding tert-OH is 1. The quantitative estimate of drug-likeness (QED) is 0.0222. The van der Waals surface area contributed by atoms with Crippen molar-refractivity contribution in [2.75, 3.05) is 39.6 Å². The lowest BCUT2D eigenvalue weighted by Crippen LogP contribution is -2.30. The Morgan fingerprint density at radius 3 is 0.760 bits per heavy atom. The van der Waals surface area contributed by atoms with Gasteiger partial charge in [-0.05, 0) is 37.5 Å². The number of rotatable bonds is 80. The Morgan fingerprint density at radius 1 is 0.290 bits per heavy atom. The molecule has 0 amide bonds. The number of aliphatic hydroxyl groups is 1. The van der Waals surface area contributed by atoms with Gasteiger partial charge in [0.25, 0.3) is 0 Å². The normalized spacial score (nSPS) is 14.2. The average molecular weight is 1470 g/mol. The Morgan fingerprint density at radius 2 is 0.510 bits per heavy atom. The zero-order valence-corrected chi connectivity index (χ0v) is 67.3. The van der Waals surface area contributed by atoms with Crippen LogP contribution in [0.2, 0.25) is 0 Å². The molecule has 3 N–H and O–H groups in total. The molecule has 0 saturated heterocycles. The van der Waals surface area contributed by atoms with Crippen LogP contribution in [0.15, 0.2) is 0 Å². The van der Waals surface area contributed by atoms with Gasteiger partial charge >= 0.3 is 39.5 Å². The molecule has 0 aliphatic carbocycles. The van der Waals surface area contributed by atoms with E-state index in [4.69, 9.17) is 37.0 Å². The SMILES string of the molecule is CCCCCCCCCCCCCCCCCCCCCCCC(=O)O[C@H](COC(=O)CCCCCCCCCCCCCCCCCCC(C)C)COP(=O)(O)OC[C@@H](O)COP(=O)(O)OC[C@@H](COC(=O)CCCCCCCCCC)OC(=O)CCCCCCCCCCC(C)CC. The maximum atomic E-state index is 13.1. The summed E-state index contributed by atoms with van der Waals surface area (Å²) in [5.41, 5.74) is 0. The summed E-state index contributed by atoms with van der Waals surface area (Å²) >= 11 is 0. The van der Waals surface area contributed by atoms with Crippen molar-refractivity contribution >= 4 is 39.5 Å². The summed E-state index contributed by atoms with van der Waals surface area (Å²) in [5.74, 6) is -0.532. The van der Waals surface area contributed by atoms with Crippen LogP contribution in [0, 0.1) is 11.8 Å². The Labute approximate surface area is 613 Å². The van der Waals surface area contributed by atoms with Crippen molar-refractivity contribution in [3.63, 3.8) is 0 Å². The second kappa shape index (κ2) is 72.6. The summed E-state index contributed by atoms with van der Waals surface area (Å²) in [6.45, 7) is 9.63. The second-order valence-corrected chi connectivity index (χ2v) is 32.8. The monoisotopic (exact) mass is 1470 g/mol. The molecule has 6 atom stereocenters. The first-order valence-electron chi connectivity index (χ1n) is 42.0. The minimum absolute atomic E-state index is 0.105. The third-order valence-electron chi connectivity index (χ3n) is 19.3. The second-order valence-electron chi connectivity index (χ2n) is 29.9. The topological polar surface area (TPSA) is 237 Å². The van der Waals surface area contributed by atoms with Crippen LogP contribution in [-0.4, -0.2) is 96.7 Å². The van der Waals surface area contributed by atoms with Crippen molar-refractivity contribution in [2.24, 2.45) is 11.8 Å². The summed E-state index contributed by atoms with van der Waals surface area (Å²) < 4.78 is 68.6. The summed E-state index contributed by atoms with van der Waals surface area (Å²) in [6, 6.07) is 0. The maximum absolute atomic E-state index is 13.1. The fourth-order valence-corrected chi connectivity index (χ4v) is 14.1. The average Bonchev–Trinajstić information content (AvgIpc) is 0.936. The standard InChI is InChI=1S/C81H158O17P2/c1-7-10-12-14-16-18-19-20-21-22-23-24-25-26-31-34-37-40-47-53-59-65-80(85)97-77(70-92-79(84)64-58-52-46-39-36-33-30-28-27-29-32-35-38-43-49-55-61-73(4)5)72-96-100(89,90)94-68-75(82)67-93-99(87,88)95-71-76(69-91-78(83)63-57-51-45-17-15-13-11-8-2)98-81(86)66-60-54-48-42-41-44-50-56-62-74(6)9-3/h73-77,82H,7-72H2,1-6H3,(H,87,88)(H,89,90)/t74?,75-,76+,77+/m0/s1. The Balaban J connectivity index is 5.18. The van der Waals surface area contributed by atoms with Gasteiger partial charge in [-0.25, -0.2) is 9.13 Å². The van der Waals surface area contributed by atoms with E-state index >= 15 is 0 Å². The third-order valence-corrected chi connectivity index (χ3v) is 21.2. The lowest BCUT2D eigenvalue weighted by molar-refractivity contribution is -0.161. The van der Waals surface area contributed by atoms with E-state index in [1.165, 1.54) is 238 Å². The molecular formula is C81H158O17P2. The smallest absolute Gasteiger partial charge is 0.462 e. The van der Waals surface area contributed by atoms with Crippen LogP contribution >= 0.6 is 15.6 Å². The van der Waals surface area contributed by atoms with Gasteiger partial charge in [0.2, 0.25) is 0 Å². The van der Waals surface area contributed by atoms with E-state index in [0.29, 0.717) is 25.7 Å². The number of unbranched alkanes of at least 4 members (excludes halogenated alkanes) is 49. The minimum Gasteiger partial charge on any atom is -0.462 e. The van der Waals surface area contributed by atoms with Crippen LogP contribution in [0.5, 0.6) is 0 Å². The maximum Gasteiger partial charge on any atom is 0.472 e. The van der Waals surface area contributed by atoms with Gasteiger partial charge in [0.1, 0.15) is 19.3 Å². The predicted molar refractivity (Wildman–Crippen MR) is 409 cm³/mol. The van der Waals surface area contributed by atoms with Gasteiger partial charge in [0.05, 0.1) is 26.4 Å². The number of phosphoric ester groups is 2. The third kappa shape index (κ3) is 73.0. The number of esters is 4. The van der Waals surface area contributed by atoms with Crippen molar-refractivity contribution in [1.29, 1.82) is 0 Å². The van der Waals surface area contributed by atoms with Crippen LogP contribution in [0.4, 0.5) is 0 Å². The molecule has 0 bridgehead atoms. The lowest BCUT2D eigenvalue weighted by Gasteiger charge is -2.21. The highest BCUT2D eigenvalue weighted by Gasteiger charge is 2.30. The number of carbonyl (C=O) groups is 4. The molecule has 0 spiro atoms. The molecule has 594 valence electrons. The molecule has 0 aliphatic rings. The zero-order valence-electron chi connectivity index (χ0n) is 65.5. The molecular weight excluding hydrogens is 1310 g/mol. The van der Waals surface area contributed by atoms with E-state index in [1.807, 2.05) is 0 Å². The summed E-state index contributed by atoms with van der Waals surface area (Å²) in [4.78, 5) is 72.9. The van der Waals surface area contributed by atoms with Crippen LogP contribution in [0.3, 0.4) is 0 Å². The molecule has 0 aromatic carbocycles. The molecule has 0 heterocycles. The van der Waals surface area contributed by atoms with E-state index in [-0.39, 0.29) is 25.7 Å². The van der Waals surface area contributed by atoms with E-state index in [9.17, 15) is 43.2 Å². The number of hydrogen-bond acceptors (Lipinski definition) is 15. The number of carbonyl (C=O) groups excluding carboxylic acids is 4. The van der Waals surface area contributed by atoms with Crippen molar-refractivity contribution in [3.05, 3.63) is 0 Å². The van der Waals surface area contributed by atoms with Crippen LogP contribution in [-0.2, 0) is 65.4 Å². The van der Waals surface area contributed by atoms with Crippen molar-refractivity contribution in [1.82, 2.24) is 0 Å². The highest BCUT2D eigenvalue weighted by atomic mass is 31.2. The molecule has 3 unspecified atom stereocenters. The number of phosphoric acid groups is 2. The van der Waals surface area contributed by atoms with Crippen LogP contribution in [0.25, 0.3) is 0 Å². The Hall–Kier alpha value is -1.94. The van der Waals surface area contributed by atoms with E-state index in [0.717, 1.165) is 108 Å². The van der Waals surface area contributed by atoms with Gasteiger partial charge in [-0.2, -0.15) is 0 Å². The first-order valence-corrected chi connectivity index (χ1v) is 45.0. The molecule has 19 heteroatoms. The van der Waals surface area contributed by atoms with E-state index < -0.39 is 97.5 Å². The van der Waals surface area contributed by atoms with Gasteiger partial charge in [0, 0.05) is 25.7 Å². The van der Waals surface area contributed by atoms with Gasteiger partial charge in [-0.3, -0.25) is 37.3 Å². The molecule has 0 aromatic rings. The predicted octanol–water partition coefficient (Wildman–Crippen LogP) is 24.3. The van der Waals surface area contributed by atoms with Gasteiger partial charge in [-0.1, -0.05) is 375 Å². The van der Waals surface area contributed by atoms with Crippen LogP contribution in [0.1, 0.15) is 427 Å². The molecule has 0 saturated carbocycles. The molecule has 0 fully saturated rings. The minimum atomic E-state index is -4.96. The van der Waals surface area contributed by atoms with E-state index in [2.05, 4.69) is 41.5 Å². The highest BCUT2D eigenvalue weighted by Crippen LogP contribution is 2.45. The van der Waals surface area contributed by atoms with Crippen molar-refractivity contribution < 1.29 is 80.2 Å². The molecule has 0 rings (SSSR count). The summed E-state index contributed by atoms with van der Waals surface area (Å²) in [5, 5.41) is 10.6. The van der Waals surface area contributed by atoms with Gasteiger partial charge < -0.3 is 33.8 Å².